The Kier molecular flexibility index (Phi) is 3.28. The molecule has 1 aliphatic heterocycles. The van der Waals surface area contributed by atoms with Crippen LogP contribution >= 0.6 is 0 Å². The second-order valence-electron chi connectivity index (χ2n) is 4.48. The molecule has 1 saturated heterocycles. The fraction of sp³-hybridized carbons (Fsp3) is 0.600. The average Bonchev–Trinajstić information content (AvgIpc) is 2.68. The molecule has 1 aliphatic rings. The van der Waals surface area contributed by atoms with Gasteiger partial charge in [-0.3, -0.25) is 4.68 Å². The van der Waals surface area contributed by atoms with E-state index in [4.69, 9.17) is 16.7 Å². The van der Waals surface area contributed by atoms with Gasteiger partial charge < -0.3 is 15.7 Å². The summed E-state index contributed by atoms with van der Waals surface area (Å²) in [7, 11) is 1.81. The van der Waals surface area contributed by atoms with Crippen molar-refractivity contribution < 1.29 is 9.90 Å². The molecule has 1 amide bonds. The highest BCUT2D eigenvalue weighted by Crippen LogP contribution is 2.26. The summed E-state index contributed by atoms with van der Waals surface area (Å²) in [6.45, 7) is 1.36. The number of carboxylic acid groups (broad SMARTS) is 1. The number of nitrogen functional groups attached to an aromatic ring is 1. The largest absolute Gasteiger partial charge is 0.464 e. The third kappa shape index (κ3) is 2.19. The highest BCUT2D eigenvalue weighted by atomic mass is 16.4. The second kappa shape index (κ2) is 4.73. The molecule has 2 rings (SSSR count). The smallest absolute Gasteiger partial charge is 0.421 e. The zero-order valence-corrected chi connectivity index (χ0v) is 10.3. The summed E-state index contributed by atoms with van der Waals surface area (Å²) in [5.41, 5.74) is 6.46. The fourth-order valence-corrected chi connectivity index (χ4v) is 2.37. The number of anilines is 2. The lowest BCUT2D eigenvalue weighted by molar-refractivity contribution is 0.119. The van der Waals surface area contributed by atoms with Crippen molar-refractivity contribution in [1.29, 1.82) is 0 Å². The number of hydrogen-bond donors (Lipinski definition) is 3. The van der Waals surface area contributed by atoms with E-state index in [2.05, 4.69) is 5.10 Å². The van der Waals surface area contributed by atoms with Crippen molar-refractivity contribution in [3.05, 3.63) is 6.20 Å². The molecule has 8 nitrogen and oxygen atoms in total. The van der Waals surface area contributed by atoms with E-state index in [0.29, 0.717) is 12.2 Å². The summed E-state index contributed by atoms with van der Waals surface area (Å²) < 4.78 is 1.69. The SMILES string of the molecule is Cn1ncc(N)c1N1CCC[C@@H](N(N)C(=O)O)C1. The molecular formula is C10H18N6O2. The van der Waals surface area contributed by atoms with Crippen LogP contribution in [0, 0.1) is 0 Å². The van der Waals surface area contributed by atoms with E-state index in [1.807, 2.05) is 11.9 Å². The molecule has 0 spiro atoms. The summed E-state index contributed by atoms with van der Waals surface area (Å²) in [5.74, 6) is 6.35. The van der Waals surface area contributed by atoms with Crippen molar-refractivity contribution in [2.75, 3.05) is 23.7 Å². The van der Waals surface area contributed by atoms with Crippen LogP contribution < -0.4 is 16.5 Å². The Morgan fingerprint density at radius 2 is 2.39 bits per heavy atom. The van der Waals surface area contributed by atoms with E-state index in [9.17, 15) is 4.79 Å². The molecule has 0 unspecified atom stereocenters. The van der Waals surface area contributed by atoms with Crippen molar-refractivity contribution in [1.82, 2.24) is 14.8 Å². The predicted molar refractivity (Wildman–Crippen MR) is 66.9 cm³/mol. The topological polar surface area (TPSA) is 114 Å². The number of amides is 1. The molecule has 100 valence electrons. The van der Waals surface area contributed by atoms with Crippen LogP contribution in [0.15, 0.2) is 6.20 Å². The number of rotatable bonds is 2. The molecule has 2 heterocycles. The third-order valence-corrected chi connectivity index (χ3v) is 3.25. The highest BCUT2D eigenvalue weighted by molar-refractivity contribution is 5.65. The first-order valence-electron chi connectivity index (χ1n) is 5.80. The maximum Gasteiger partial charge on any atom is 0.421 e. The standard InChI is InChI=1S/C10H18N6O2/c1-14-9(8(11)5-13-14)15-4-2-3-7(6-15)16(12)10(17)18/h5,7H,2-4,6,11-12H2,1H3,(H,17,18)/t7-/m1/s1. The van der Waals surface area contributed by atoms with E-state index in [0.717, 1.165) is 30.2 Å². The van der Waals surface area contributed by atoms with Gasteiger partial charge in [0, 0.05) is 20.1 Å². The molecular weight excluding hydrogens is 236 g/mol. The highest BCUT2D eigenvalue weighted by Gasteiger charge is 2.28. The molecule has 0 aliphatic carbocycles. The van der Waals surface area contributed by atoms with Crippen LogP contribution in [0.2, 0.25) is 0 Å². The second-order valence-corrected chi connectivity index (χ2v) is 4.48. The average molecular weight is 254 g/mol. The maximum absolute atomic E-state index is 10.9. The van der Waals surface area contributed by atoms with Crippen LogP contribution in [-0.4, -0.2) is 45.1 Å². The summed E-state index contributed by atoms with van der Waals surface area (Å²) in [4.78, 5) is 12.9. The zero-order valence-electron chi connectivity index (χ0n) is 10.3. The van der Waals surface area contributed by atoms with Gasteiger partial charge in [0.1, 0.15) is 5.82 Å². The van der Waals surface area contributed by atoms with Gasteiger partial charge in [-0.25, -0.2) is 15.6 Å². The Bertz CT molecular complexity index is 426. The minimum absolute atomic E-state index is 0.217. The van der Waals surface area contributed by atoms with Gasteiger partial charge in [0.15, 0.2) is 0 Å². The van der Waals surface area contributed by atoms with E-state index < -0.39 is 6.09 Å². The number of hydrogen-bond acceptors (Lipinski definition) is 5. The Morgan fingerprint density at radius 1 is 1.67 bits per heavy atom. The molecule has 1 atom stereocenters. The Hall–Kier alpha value is -1.96. The van der Waals surface area contributed by atoms with Gasteiger partial charge in [-0.1, -0.05) is 0 Å². The van der Waals surface area contributed by atoms with Gasteiger partial charge in [0.25, 0.3) is 0 Å². The van der Waals surface area contributed by atoms with E-state index in [-0.39, 0.29) is 6.04 Å². The Morgan fingerprint density at radius 3 is 2.94 bits per heavy atom. The van der Waals surface area contributed by atoms with Crippen LogP contribution in [0.3, 0.4) is 0 Å². The Labute approximate surface area is 105 Å². The van der Waals surface area contributed by atoms with Crippen LogP contribution in [0.4, 0.5) is 16.3 Å². The molecule has 0 radical (unpaired) electrons. The lowest BCUT2D eigenvalue weighted by Crippen LogP contribution is -2.53. The zero-order chi connectivity index (χ0) is 13.3. The molecule has 1 aromatic heterocycles. The lowest BCUT2D eigenvalue weighted by atomic mass is 10.1. The van der Waals surface area contributed by atoms with E-state index >= 15 is 0 Å². The van der Waals surface area contributed by atoms with Crippen LogP contribution in [0.1, 0.15) is 12.8 Å². The minimum atomic E-state index is -1.11. The number of aromatic nitrogens is 2. The molecule has 18 heavy (non-hydrogen) atoms. The van der Waals surface area contributed by atoms with Crippen molar-refractivity contribution in [3.8, 4) is 0 Å². The van der Waals surface area contributed by atoms with Gasteiger partial charge in [-0.15, -0.1) is 0 Å². The van der Waals surface area contributed by atoms with Crippen molar-refractivity contribution in [3.63, 3.8) is 0 Å². The molecule has 5 N–H and O–H groups in total. The third-order valence-electron chi connectivity index (χ3n) is 3.25. The fourth-order valence-electron chi connectivity index (χ4n) is 2.37. The predicted octanol–water partition coefficient (Wildman–Crippen LogP) is -0.175. The van der Waals surface area contributed by atoms with E-state index in [1.54, 1.807) is 10.9 Å². The van der Waals surface area contributed by atoms with Crippen LogP contribution in [-0.2, 0) is 7.05 Å². The normalized spacial score (nSPS) is 19.9. The lowest BCUT2D eigenvalue weighted by Gasteiger charge is -2.37. The molecule has 1 fully saturated rings. The van der Waals surface area contributed by atoms with Crippen molar-refractivity contribution in [2.24, 2.45) is 12.9 Å². The van der Waals surface area contributed by atoms with E-state index in [1.165, 1.54) is 0 Å². The van der Waals surface area contributed by atoms with Crippen LogP contribution in [0.25, 0.3) is 0 Å². The molecule has 0 bridgehead atoms. The molecule has 0 saturated carbocycles. The molecule has 1 aromatic rings. The Balaban J connectivity index is 2.14. The van der Waals surface area contributed by atoms with Gasteiger partial charge >= 0.3 is 6.09 Å². The number of hydrazine groups is 1. The van der Waals surface area contributed by atoms with Crippen molar-refractivity contribution in [2.45, 2.75) is 18.9 Å². The van der Waals surface area contributed by atoms with Gasteiger partial charge in [0.2, 0.25) is 0 Å². The van der Waals surface area contributed by atoms with Crippen LogP contribution in [0.5, 0.6) is 0 Å². The molecule has 0 aromatic carbocycles. The number of nitrogens with zero attached hydrogens (tertiary/aromatic N) is 4. The van der Waals surface area contributed by atoms with Gasteiger partial charge in [0.05, 0.1) is 17.9 Å². The molecule has 8 heteroatoms. The van der Waals surface area contributed by atoms with Gasteiger partial charge in [-0.2, -0.15) is 5.10 Å². The summed E-state index contributed by atoms with van der Waals surface area (Å²) >= 11 is 0. The summed E-state index contributed by atoms with van der Waals surface area (Å²) in [6, 6.07) is -0.217. The summed E-state index contributed by atoms with van der Waals surface area (Å²) in [6.07, 6.45) is 2.11. The monoisotopic (exact) mass is 254 g/mol. The first kappa shape index (κ1) is 12.5. The summed E-state index contributed by atoms with van der Waals surface area (Å²) in [5, 5.41) is 13.9. The van der Waals surface area contributed by atoms with Gasteiger partial charge in [-0.05, 0) is 12.8 Å². The number of nitrogens with two attached hydrogens (primary N) is 2. The number of aryl methyl sites for hydroxylation is 1. The number of piperidine rings is 1. The minimum Gasteiger partial charge on any atom is -0.464 e. The first-order chi connectivity index (χ1) is 8.50. The maximum atomic E-state index is 10.9. The quantitative estimate of drug-likeness (QED) is 0.383. The van der Waals surface area contributed by atoms with Crippen molar-refractivity contribution >= 4 is 17.6 Å². The number of carbonyl (C=O) groups is 1. The first-order valence-corrected chi connectivity index (χ1v) is 5.80.